The third kappa shape index (κ3) is 2.52. The number of hydrogen-bond acceptors (Lipinski definition) is 3. The van der Waals surface area contributed by atoms with Crippen molar-refractivity contribution in [2.75, 3.05) is 0 Å². The normalized spacial score (nSPS) is 11.4. The molecule has 2 aromatic rings. The Morgan fingerprint density at radius 3 is 2.67 bits per heavy atom. The number of benzene rings is 1. The monoisotopic (exact) mass is 237 g/mol. The van der Waals surface area contributed by atoms with Gasteiger partial charge in [0.1, 0.15) is 0 Å². The maximum atomic E-state index is 4.63. The van der Waals surface area contributed by atoms with Gasteiger partial charge < -0.3 is 0 Å². The van der Waals surface area contributed by atoms with Crippen LogP contribution in [0.1, 0.15) is 26.7 Å². The molecule has 0 spiro atoms. The molecule has 1 heterocycles. The van der Waals surface area contributed by atoms with Crippen LogP contribution in [0.5, 0.6) is 0 Å². The molecule has 0 aliphatic carbocycles. The van der Waals surface area contributed by atoms with Crippen molar-refractivity contribution in [2.45, 2.75) is 36.3 Å². The molecule has 0 aliphatic rings. The van der Waals surface area contributed by atoms with Gasteiger partial charge in [0.2, 0.25) is 0 Å². The standard InChI is InChI=1S/C12H15NS2/c1-3-9(4-2)14-12-13-10-7-5-6-8-11(10)15-12/h5-9H,3-4H2,1-2H3. The van der Waals surface area contributed by atoms with Crippen molar-refractivity contribution < 1.29 is 0 Å². The van der Waals surface area contributed by atoms with Gasteiger partial charge in [0.25, 0.3) is 0 Å². The Labute approximate surface area is 98.9 Å². The van der Waals surface area contributed by atoms with Crippen molar-refractivity contribution in [1.82, 2.24) is 4.98 Å². The molecule has 1 nitrogen and oxygen atoms in total. The van der Waals surface area contributed by atoms with Crippen LogP contribution >= 0.6 is 23.1 Å². The molecule has 3 heteroatoms. The fraction of sp³-hybridized carbons (Fsp3) is 0.417. The Balaban J connectivity index is 2.21. The SMILES string of the molecule is CCC(CC)Sc1nc2ccccc2s1. The Bertz CT molecular complexity index is 399. The van der Waals surface area contributed by atoms with Crippen LogP contribution in [0.2, 0.25) is 0 Å². The van der Waals surface area contributed by atoms with Gasteiger partial charge in [-0.3, -0.25) is 0 Å². The minimum Gasteiger partial charge on any atom is -0.230 e. The predicted molar refractivity (Wildman–Crippen MR) is 69.8 cm³/mol. The molecule has 0 radical (unpaired) electrons. The molecular formula is C12H15NS2. The van der Waals surface area contributed by atoms with E-state index in [0.717, 1.165) is 5.52 Å². The molecular weight excluding hydrogens is 222 g/mol. The van der Waals surface area contributed by atoms with Gasteiger partial charge in [-0.25, -0.2) is 4.98 Å². The molecule has 0 aliphatic heterocycles. The number of thioether (sulfide) groups is 1. The molecule has 0 fully saturated rings. The molecule has 0 saturated carbocycles. The summed E-state index contributed by atoms with van der Waals surface area (Å²) < 4.78 is 2.51. The van der Waals surface area contributed by atoms with E-state index in [1.54, 1.807) is 0 Å². The molecule has 0 bridgehead atoms. The van der Waals surface area contributed by atoms with Gasteiger partial charge in [0.15, 0.2) is 4.34 Å². The average molecular weight is 237 g/mol. The van der Waals surface area contributed by atoms with Crippen molar-refractivity contribution in [3.8, 4) is 0 Å². The summed E-state index contributed by atoms with van der Waals surface area (Å²) in [7, 11) is 0. The largest absolute Gasteiger partial charge is 0.230 e. The van der Waals surface area contributed by atoms with E-state index in [2.05, 4.69) is 37.0 Å². The number of para-hydroxylation sites is 1. The first-order valence-corrected chi connectivity index (χ1v) is 7.05. The Hall–Kier alpha value is -0.540. The van der Waals surface area contributed by atoms with E-state index >= 15 is 0 Å². The number of nitrogens with zero attached hydrogens (tertiary/aromatic N) is 1. The maximum absolute atomic E-state index is 4.63. The summed E-state index contributed by atoms with van der Waals surface area (Å²) in [6, 6.07) is 8.35. The van der Waals surface area contributed by atoms with Crippen LogP contribution in [-0.2, 0) is 0 Å². The second kappa shape index (κ2) is 4.99. The van der Waals surface area contributed by atoms with Crippen molar-refractivity contribution in [2.24, 2.45) is 0 Å². The Morgan fingerprint density at radius 1 is 1.27 bits per heavy atom. The van der Waals surface area contributed by atoms with Gasteiger partial charge in [0.05, 0.1) is 10.2 Å². The van der Waals surface area contributed by atoms with Crippen molar-refractivity contribution in [3.63, 3.8) is 0 Å². The number of hydrogen-bond donors (Lipinski definition) is 0. The third-order valence-corrected chi connectivity index (χ3v) is 5.12. The van der Waals surface area contributed by atoms with E-state index < -0.39 is 0 Å². The van der Waals surface area contributed by atoms with Crippen LogP contribution in [0.15, 0.2) is 28.6 Å². The van der Waals surface area contributed by atoms with Gasteiger partial charge in [-0.05, 0) is 25.0 Å². The maximum Gasteiger partial charge on any atom is 0.151 e. The van der Waals surface area contributed by atoms with Crippen molar-refractivity contribution >= 4 is 33.3 Å². The fourth-order valence-corrected chi connectivity index (χ4v) is 3.84. The number of thiazole rings is 1. The molecule has 1 aromatic carbocycles. The van der Waals surface area contributed by atoms with E-state index in [-0.39, 0.29) is 0 Å². The van der Waals surface area contributed by atoms with E-state index in [4.69, 9.17) is 0 Å². The molecule has 1 aromatic heterocycles. The van der Waals surface area contributed by atoms with Crippen LogP contribution < -0.4 is 0 Å². The molecule has 0 unspecified atom stereocenters. The fourth-order valence-electron chi connectivity index (χ4n) is 1.50. The lowest BCUT2D eigenvalue weighted by molar-refractivity contribution is 0.792. The molecule has 0 atom stereocenters. The zero-order chi connectivity index (χ0) is 10.7. The first kappa shape index (κ1) is 11.0. The molecule has 0 N–H and O–H groups in total. The lowest BCUT2D eigenvalue weighted by atomic mass is 10.3. The molecule has 0 amide bonds. The van der Waals surface area contributed by atoms with Crippen molar-refractivity contribution in [3.05, 3.63) is 24.3 Å². The summed E-state index contributed by atoms with van der Waals surface area (Å²) in [6.45, 7) is 4.49. The zero-order valence-corrected chi connectivity index (χ0v) is 10.7. The summed E-state index contributed by atoms with van der Waals surface area (Å²) in [5.74, 6) is 0. The zero-order valence-electron chi connectivity index (χ0n) is 9.06. The second-order valence-electron chi connectivity index (χ2n) is 3.50. The lowest BCUT2D eigenvalue weighted by Gasteiger charge is -2.07. The first-order chi connectivity index (χ1) is 7.33. The van der Waals surface area contributed by atoms with Crippen molar-refractivity contribution in [1.29, 1.82) is 0 Å². The Morgan fingerprint density at radius 2 is 2.00 bits per heavy atom. The van der Waals surface area contributed by atoms with Crippen LogP contribution in [-0.4, -0.2) is 10.2 Å². The topological polar surface area (TPSA) is 12.9 Å². The van der Waals surface area contributed by atoms with Gasteiger partial charge in [-0.2, -0.15) is 0 Å². The van der Waals surface area contributed by atoms with Gasteiger partial charge in [0, 0.05) is 5.25 Å². The highest BCUT2D eigenvalue weighted by molar-refractivity contribution is 8.01. The summed E-state index contributed by atoms with van der Waals surface area (Å²) in [6.07, 6.45) is 2.44. The average Bonchev–Trinajstić information content (AvgIpc) is 2.68. The van der Waals surface area contributed by atoms with E-state index in [9.17, 15) is 0 Å². The van der Waals surface area contributed by atoms with Gasteiger partial charge >= 0.3 is 0 Å². The third-order valence-electron chi connectivity index (χ3n) is 2.45. The molecule has 15 heavy (non-hydrogen) atoms. The molecule has 2 rings (SSSR count). The van der Waals surface area contributed by atoms with E-state index in [1.807, 2.05) is 29.2 Å². The molecule has 0 saturated heterocycles. The number of aromatic nitrogens is 1. The number of rotatable bonds is 4. The van der Waals surface area contributed by atoms with Gasteiger partial charge in [-0.1, -0.05) is 37.7 Å². The summed E-state index contributed by atoms with van der Waals surface area (Å²) in [5.41, 5.74) is 1.14. The highest BCUT2D eigenvalue weighted by Crippen LogP contribution is 2.33. The summed E-state index contributed by atoms with van der Waals surface area (Å²) >= 11 is 3.73. The summed E-state index contributed by atoms with van der Waals surface area (Å²) in [4.78, 5) is 4.63. The smallest absolute Gasteiger partial charge is 0.151 e. The highest BCUT2D eigenvalue weighted by Gasteiger charge is 2.09. The second-order valence-corrected chi connectivity index (χ2v) is 6.08. The van der Waals surface area contributed by atoms with E-state index in [1.165, 1.54) is 21.9 Å². The lowest BCUT2D eigenvalue weighted by Crippen LogP contribution is -1.96. The van der Waals surface area contributed by atoms with Crippen LogP contribution in [0.3, 0.4) is 0 Å². The van der Waals surface area contributed by atoms with Crippen LogP contribution in [0.25, 0.3) is 10.2 Å². The predicted octanol–water partition coefficient (Wildman–Crippen LogP) is 4.58. The van der Waals surface area contributed by atoms with Crippen LogP contribution in [0, 0.1) is 0 Å². The van der Waals surface area contributed by atoms with Gasteiger partial charge in [-0.15, -0.1) is 11.3 Å². The Kier molecular flexibility index (Phi) is 3.65. The first-order valence-electron chi connectivity index (χ1n) is 5.35. The van der Waals surface area contributed by atoms with E-state index in [0.29, 0.717) is 5.25 Å². The minimum atomic E-state index is 0.713. The quantitative estimate of drug-likeness (QED) is 0.722. The molecule has 80 valence electrons. The minimum absolute atomic E-state index is 0.713. The summed E-state index contributed by atoms with van der Waals surface area (Å²) in [5, 5.41) is 0.713. The number of fused-ring (bicyclic) bond motifs is 1. The van der Waals surface area contributed by atoms with Crippen LogP contribution in [0.4, 0.5) is 0 Å². The highest BCUT2D eigenvalue weighted by atomic mass is 32.2.